The fourth-order valence-electron chi connectivity index (χ4n) is 4.45. The molecule has 1 atom stereocenters. The van der Waals surface area contributed by atoms with E-state index >= 15 is 0 Å². The van der Waals surface area contributed by atoms with Gasteiger partial charge in [-0.3, -0.25) is 14.4 Å². The quantitative estimate of drug-likeness (QED) is 0.797. The van der Waals surface area contributed by atoms with Crippen LogP contribution in [-0.2, 0) is 11.3 Å². The lowest BCUT2D eigenvalue weighted by atomic mass is 9.73. The minimum atomic E-state index is -0.135. The summed E-state index contributed by atoms with van der Waals surface area (Å²) in [7, 11) is 0. The predicted octanol–water partition coefficient (Wildman–Crippen LogP) is 2.51. The molecule has 0 aliphatic carbocycles. The lowest BCUT2D eigenvalue weighted by Crippen LogP contribution is -2.55. The molecule has 3 rings (SSSR count). The molecular weight excluding hydrogens is 342 g/mol. The number of likely N-dealkylation sites (tertiary alicyclic amines) is 2. The monoisotopic (exact) mass is 373 g/mol. The molecule has 1 aromatic heterocycles. The highest BCUT2D eigenvalue weighted by atomic mass is 16.2. The van der Waals surface area contributed by atoms with Gasteiger partial charge in [-0.15, -0.1) is 0 Å². The molecule has 0 unspecified atom stereocenters. The van der Waals surface area contributed by atoms with Crippen molar-refractivity contribution in [3.8, 4) is 0 Å². The van der Waals surface area contributed by atoms with Gasteiger partial charge in [0.2, 0.25) is 5.91 Å². The van der Waals surface area contributed by atoms with Crippen molar-refractivity contribution in [3.05, 3.63) is 34.2 Å². The maximum atomic E-state index is 13.0. The van der Waals surface area contributed by atoms with E-state index in [1.807, 2.05) is 16.7 Å². The number of aromatic nitrogens is 1. The van der Waals surface area contributed by atoms with Gasteiger partial charge in [0.05, 0.1) is 0 Å². The average Bonchev–Trinajstić information content (AvgIpc) is 2.68. The maximum absolute atomic E-state index is 13.0. The highest BCUT2D eigenvalue weighted by Crippen LogP contribution is 2.39. The summed E-state index contributed by atoms with van der Waals surface area (Å²) in [6, 6.07) is 3.19. The van der Waals surface area contributed by atoms with E-state index in [-0.39, 0.29) is 22.8 Å². The fourth-order valence-corrected chi connectivity index (χ4v) is 4.45. The zero-order valence-electron chi connectivity index (χ0n) is 16.6. The van der Waals surface area contributed by atoms with Crippen LogP contribution in [0.2, 0.25) is 0 Å². The van der Waals surface area contributed by atoms with E-state index in [1.54, 1.807) is 16.8 Å². The Balaban J connectivity index is 1.73. The lowest BCUT2D eigenvalue weighted by molar-refractivity contribution is -0.139. The largest absolute Gasteiger partial charge is 0.342 e. The molecule has 2 aliphatic heterocycles. The molecule has 0 bridgehead atoms. The summed E-state index contributed by atoms with van der Waals surface area (Å²) in [6.45, 7) is 7.62. The molecule has 1 spiro atoms. The number of carbonyl (C=O) groups excluding carboxylic acids is 2. The van der Waals surface area contributed by atoms with Gasteiger partial charge in [0, 0.05) is 62.4 Å². The third kappa shape index (κ3) is 4.25. The number of amides is 2. The second kappa shape index (κ2) is 8.28. The Hall–Kier alpha value is -2.11. The maximum Gasteiger partial charge on any atom is 0.254 e. The number of piperidine rings is 2. The first-order valence-electron chi connectivity index (χ1n) is 10.3. The number of aryl methyl sites for hydroxylation is 1. The van der Waals surface area contributed by atoms with Gasteiger partial charge in [0.15, 0.2) is 0 Å². The van der Waals surface area contributed by atoms with Crippen LogP contribution in [0.5, 0.6) is 0 Å². The average molecular weight is 373 g/mol. The summed E-state index contributed by atoms with van der Waals surface area (Å²) in [5, 5.41) is 0. The van der Waals surface area contributed by atoms with Crippen LogP contribution in [0.1, 0.15) is 62.7 Å². The summed E-state index contributed by atoms with van der Waals surface area (Å²) in [5.41, 5.74) is 0.342. The molecule has 3 heterocycles. The summed E-state index contributed by atoms with van der Waals surface area (Å²) in [4.78, 5) is 41.2. The van der Waals surface area contributed by atoms with Gasteiger partial charge < -0.3 is 14.4 Å². The molecule has 6 heteroatoms. The molecule has 2 fully saturated rings. The van der Waals surface area contributed by atoms with Crippen LogP contribution in [-0.4, -0.2) is 52.4 Å². The third-order valence-corrected chi connectivity index (χ3v) is 6.06. The minimum Gasteiger partial charge on any atom is -0.342 e. The van der Waals surface area contributed by atoms with Crippen molar-refractivity contribution in [1.29, 1.82) is 0 Å². The fraction of sp³-hybridized carbons (Fsp3) is 0.667. The molecule has 6 nitrogen and oxygen atoms in total. The van der Waals surface area contributed by atoms with Crippen LogP contribution < -0.4 is 5.56 Å². The van der Waals surface area contributed by atoms with Gasteiger partial charge in [-0.05, 0) is 38.7 Å². The number of hydrogen-bond donors (Lipinski definition) is 0. The summed E-state index contributed by atoms with van der Waals surface area (Å²) in [6.07, 6.45) is 7.25. The molecule has 148 valence electrons. The van der Waals surface area contributed by atoms with Crippen molar-refractivity contribution >= 4 is 11.8 Å². The molecule has 0 N–H and O–H groups in total. The van der Waals surface area contributed by atoms with E-state index < -0.39 is 0 Å². The summed E-state index contributed by atoms with van der Waals surface area (Å²) in [5.74, 6) is 0.187. The first-order chi connectivity index (χ1) is 13.0. The highest BCUT2D eigenvalue weighted by molar-refractivity contribution is 5.94. The molecule has 0 radical (unpaired) electrons. The third-order valence-electron chi connectivity index (χ3n) is 6.06. The van der Waals surface area contributed by atoms with E-state index in [0.29, 0.717) is 25.1 Å². The predicted molar refractivity (Wildman–Crippen MR) is 105 cm³/mol. The second-order valence-corrected chi connectivity index (χ2v) is 8.04. The van der Waals surface area contributed by atoms with E-state index in [4.69, 9.17) is 0 Å². The minimum absolute atomic E-state index is 0.00790. The zero-order valence-corrected chi connectivity index (χ0v) is 16.6. The summed E-state index contributed by atoms with van der Waals surface area (Å²) >= 11 is 0. The van der Waals surface area contributed by atoms with Crippen molar-refractivity contribution in [2.24, 2.45) is 5.41 Å². The van der Waals surface area contributed by atoms with Crippen LogP contribution in [0.25, 0.3) is 0 Å². The van der Waals surface area contributed by atoms with E-state index in [2.05, 4.69) is 6.92 Å². The van der Waals surface area contributed by atoms with Gasteiger partial charge >= 0.3 is 0 Å². The SMILES string of the molecule is CCCCN1C[C@]2(CCCN(C(=O)c3ccn(CC)c(=O)c3)C2)CCC1=O. The highest BCUT2D eigenvalue weighted by Gasteiger charge is 2.42. The Labute approximate surface area is 161 Å². The van der Waals surface area contributed by atoms with E-state index in [9.17, 15) is 14.4 Å². The Morgan fingerprint density at radius 1 is 1.19 bits per heavy atom. The number of hydrogen-bond acceptors (Lipinski definition) is 3. The van der Waals surface area contributed by atoms with Gasteiger partial charge in [0.1, 0.15) is 0 Å². The molecular formula is C21H31N3O3. The molecule has 2 aliphatic rings. The first-order valence-corrected chi connectivity index (χ1v) is 10.3. The van der Waals surface area contributed by atoms with Crippen LogP contribution in [0.3, 0.4) is 0 Å². The van der Waals surface area contributed by atoms with Crippen LogP contribution in [0.4, 0.5) is 0 Å². The van der Waals surface area contributed by atoms with Gasteiger partial charge in [0.25, 0.3) is 11.5 Å². The number of nitrogens with zero attached hydrogens (tertiary/aromatic N) is 3. The molecule has 1 aromatic rings. The zero-order chi connectivity index (χ0) is 19.4. The Morgan fingerprint density at radius 2 is 2.00 bits per heavy atom. The smallest absolute Gasteiger partial charge is 0.254 e. The van der Waals surface area contributed by atoms with Crippen molar-refractivity contribution < 1.29 is 9.59 Å². The molecule has 2 saturated heterocycles. The van der Waals surface area contributed by atoms with Crippen molar-refractivity contribution in [1.82, 2.24) is 14.4 Å². The molecule has 27 heavy (non-hydrogen) atoms. The second-order valence-electron chi connectivity index (χ2n) is 8.04. The molecule has 0 aromatic carbocycles. The standard InChI is InChI=1S/C21H31N3O3/c1-3-5-11-23-15-21(10-7-18(23)25)9-6-12-24(16-21)20(27)17-8-13-22(4-2)19(26)14-17/h8,13-14H,3-7,9-12,15-16H2,1-2H3/t21-/m0/s1. The normalized spacial score (nSPS) is 23.1. The lowest BCUT2D eigenvalue weighted by Gasteiger charge is -2.48. The van der Waals surface area contributed by atoms with E-state index in [1.165, 1.54) is 6.07 Å². The van der Waals surface area contributed by atoms with Crippen molar-refractivity contribution in [2.75, 3.05) is 26.2 Å². The Morgan fingerprint density at radius 3 is 2.70 bits per heavy atom. The number of unbranched alkanes of at least 4 members (excludes halogenated alkanes) is 1. The Bertz CT molecular complexity index is 757. The number of pyridine rings is 1. The van der Waals surface area contributed by atoms with Gasteiger partial charge in [-0.1, -0.05) is 13.3 Å². The molecule has 0 saturated carbocycles. The van der Waals surface area contributed by atoms with Crippen LogP contribution >= 0.6 is 0 Å². The van der Waals surface area contributed by atoms with Crippen LogP contribution in [0, 0.1) is 5.41 Å². The summed E-state index contributed by atoms with van der Waals surface area (Å²) < 4.78 is 1.59. The van der Waals surface area contributed by atoms with Crippen molar-refractivity contribution in [3.63, 3.8) is 0 Å². The van der Waals surface area contributed by atoms with E-state index in [0.717, 1.165) is 51.7 Å². The van der Waals surface area contributed by atoms with Gasteiger partial charge in [-0.25, -0.2) is 0 Å². The Kier molecular flexibility index (Phi) is 6.02. The molecule has 2 amide bonds. The van der Waals surface area contributed by atoms with Gasteiger partial charge in [-0.2, -0.15) is 0 Å². The topological polar surface area (TPSA) is 62.6 Å². The number of carbonyl (C=O) groups is 2. The number of rotatable bonds is 5. The van der Waals surface area contributed by atoms with Crippen molar-refractivity contribution in [2.45, 2.75) is 58.9 Å². The first kappa shape index (κ1) is 19.6. The van der Waals surface area contributed by atoms with Crippen LogP contribution in [0.15, 0.2) is 23.1 Å².